The Labute approximate surface area is 260 Å². The van der Waals surface area contributed by atoms with Crippen LogP contribution in [0.1, 0.15) is 53.9 Å². The minimum absolute atomic E-state index is 0.0440. The molecule has 0 saturated heterocycles. The summed E-state index contributed by atoms with van der Waals surface area (Å²) in [7, 11) is 2.59. The third kappa shape index (κ3) is 7.24. The van der Waals surface area contributed by atoms with E-state index in [1.165, 1.54) is 25.9 Å². The van der Waals surface area contributed by atoms with Gasteiger partial charge in [0.2, 0.25) is 11.7 Å². The number of nitrogens with zero attached hydrogens (tertiary/aromatic N) is 2. The highest BCUT2D eigenvalue weighted by Crippen LogP contribution is 2.42. The van der Waals surface area contributed by atoms with Gasteiger partial charge in [-0.3, -0.25) is 19.2 Å². The average molecular weight is 651 g/mol. The molecule has 0 saturated carbocycles. The summed E-state index contributed by atoms with van der Waals surface area (Å²) in [5.74, 6) is -7.05. The summed E-state index contributed by atoms with van der Waals surface area (Å²) in [6.45, 7) is 2.31. The quantitative estimate of drug-likeness (QED) is 0.173. The highest BCUT2D eigenvalue weighted by atomic mass is 32.1. The first-order chi connectivity index (χ1) is 21.4. The number of aliphatic carboxylic acids is 2. The van der Waals surface area contributed by atoms with E-state index in [1.807, 2.05) is 0 Å². The van der Waals surface area contributed by atoms with E-state index in [9.17, 15) is 19.2 Å². The number of halogens is 2. The number of amides is 1. The lowest BCUT2D eigenvalue weighted by Crippen LogP contribution is -2.28. The van der Waals surface area contributed by atoms with E-state index < -0.39 is 52.8 Å². The van der Waals surface area contributed by atoms with Crippen molar-refractivity contribution in [3.8, 4) is 23.1 Å². The van der Waals surface area contributed by atoms with Crippen LogP contribution in [0.3, 0.4) is 0 Å². The molecule has 0 aliphatic carbocycles. The highest BCUT2D eigenvalue weighted by molar-refractivity contribution is 7.20. The third-order valence-electron chi connectivity index (χ3n) is 7.27. The van der Waals surface area contributed by atoms with Gasteiger partial charge >= 0.3 is 11.9 Å². The Bertz CT molecular complexity index is 1640. The van der Waals surface area contributed by atoms with Crippen molar-refractivity contribution >= 4 is 45.2 Å². The van der Waals surface area contributed by atoms with Crippen LogP contribution in [0.15, 0.2) is 12.1 Å². The number of Topliss-reactive ketones (excluding diaryl/α,β-unsaturated/α-hetero) is 1. The smallest absolute Gasteiger partial charge is 0.306 e. The van der Waals surface area contributed by atoms with Gasteiger partial charge in [-0.1, -0.05) is 13.8 Å². The molecule has 2 N–H and O–H groups in total. The van der Waals surface area contributed by atoms with Gasteiger partial charge in [-0.05, 0) is 6.07 Å². The predicted octanol–water partition coefficient (Wildman–Crippen LogP) is 4.69. The number of aromatic nitrogens is 1. The number of ether oxygens (including phenoxy) is 4. The Hall–Kier alpha value is -4.53. The first-order valence-electron chi connectivity index (χ1n) is 13.9. The fourth-order valence-electron chi connectivity index (χ4n) is 4.66. The molecule has 3 heterocycles. The number of pyridine rings is 1. The van der Waals surface area contributed by atoms with Crippen molar-refractivity contribution in [2.75, 3.05) is 27.4 Å². The molecule has 0 radical (unpaired) electrons. The maximum absolute atomic E-state index is 15.5. The molecule has 0 unspecified atom stereocenters. The molecule has 2 atom stereocenters. The summed E-state index contributed by atoms with van der Waals surface area (Å²) in [5.41, 5.74) is 0.340. The normalized spacial score (nSPS) is 13.7. The molecule has 1 amide bonds. The number of carboxylic acids is 2. The van der Waals surface area contributed by atoms with Crippen molar-refractivity contribution in [2.45, 2.75) is 46.2 Å². The second kappa shape index (κ2) is 14.1. The average Bonchev–Trinajstić information content (AvgIpc) is 3.64. The zero-order valence-electron chi connectivity index (χ0n) is 25.0. The molecule has 2 aromatic heterocycles. The van der Waals surface area contributed by atoms with Crippen molar-refractivity contribution in [2.24, 2.45) is 11.8 Å². The molecular formula is C30H32F2N2O10S. The molecule has 1 aliphatic rings. The molecule has 0 bridgehead atoms. The number of methoxy groups -OCH3 is 2. The van der Waals surface area contributed by atoms with Crippen LogP contribution in [0.25, 0.3) is 10.2 Å². The van der Waals surface area contributed by atoms with Gasteiger partial charge in [0.25, 0.3) is 5.88 Å². The third-order valence-corrected chi connectivity index (χ3v) is 8.39. The minimum Gasteiger partial charge on any atom is -0.491 e. The van der Waals surface area contributed by atoms with Gasteiger partial charge in [-0.15, -0.1) is 11.3 Å². The molecule has 242 valence electrons. The number of hydrogen-bond donors (Lipinski definition) is 2. The van der Waals surface area contributed by atoms with E-state index in [0.717, 1.165) is 18.4 Å². The van der Waals surface area contributed by atoms with E-state index in [-0.39, 0.29) is 68.4 Å². The van der Waals surface area contributed by atoms with Crippen molar-refractivity contribution in [3.05, 3.63) is 39.8 Å². The van der Waals surface area contributed by atoms with Crippen molar-refractivity contribution < 1.29 is 57.1 Å². The van der Waals surface area contributed by atoms with Gasteiger partial charge in [0, 0.05) is 49.5 Å². The van der Waals surface area contributed by atoms with Gasteiger partial charge < -0.3 is 34.1 Å². The molecule has 45 heavy (non-hydrogen) atoms. The van der Waals surface area contributed by atoms with Crippen LogP contribution in [0.2, 0.25) is 0 Å². The maximum atomic E-state index is 15.5. The highest BCUT2D eigenvalue weighted by Gasteiger charge is 2.35. The van der Waals surface area contributed by atoms with Crippen LogP contribution >= 0.6 is 11.3 Å². The largest absolute Gasteiger partial charge is 0.491 e. The molecule has 1 aromatic carbocycles. The summed E-state index contributed by atoms with van der Waals surface area (Å²) in [4.78, 5) is 53.3. The second-order valence-corrected chi connectivity index (χ2v) is 11.6. The summed E-state index contributed by atoms with van der Waals surface area (Å²) in [6, 6.07) is 3.21. The molecule has 1 aliphatic heterocycles. The number of hydrogen-bond acceptors (Lipinski definition) is 10. The molecular weight excluding hydrogens is 618 g/mol. The summed E-state index contributed by atoms with van der Waals surface area (Å²) in [6.07, 6.45) is -0.246. The first kappa shape index (κ1) is 33.4. The van der Waals surface area contributed by atoms with Gasteiger partial charge in [0.05, 0.1) is 54.4 Å². The number of fused-ring (bicyclic) bond motifs is 2. The van der Waals surface area contributed by atoms with Gasteiger partial charge in [0.15, 0.2) is 28.9 Å². The Morgan fingerprint density at radius 1 is 0.911 bits per heavy atom. The zero-order valence-corrected chi connectivity index (χ0v) is 25.8. The number of ketones is 1. The number of rotatable bonds is 15. The van der Waals surface area contributed by atoms with Crippen LogP contribution in [0.4, 0.5) is 8.78 Å². The van der Waals surface area contributed by atoms with Crippen LogP contribution in [0, 0.1) is 23.5 Å². The SMILES string of the molecule is COc1cc2sc(C(=O)C[C@H](C)C(=O)O)cc2nc1OCCCOc1c(F)c2c(c(F)c1OC)CN(C(=O)C[C@H](C)C(=O)O)C2. The van der Waals surface area contributed by atoms with Crippen LogP contribution < -0.4 is 18.9 Å². The molecule has 0 spiro atoms. The number of benzene rings is 1. The van der Waals surface area contributed by atoms with Gasteiger partial charge in [-0.2, -0.15) is 0 Å². The lowest BCUT2D eigenvalue weighted by molar-refractivity contribution is -0.145. The molecule has 4 rings (SSSR count). The van der Waals surface area contributed by atoms with E-state index in [0.29, 0.717) is 20.8 Å². The van der Waals surface area contributed by atoms with E-state index in [1.54, 1.807) is 12.1 Å². The number of carboxylic acid groups (broad SMARTS) is 2. The summed E-state index contributed by atoms with van der Waals surface area (Å²) in [5, 5.41) is 18.2. The molecule has 0 fully saturated rings. The number of carbonyl (C=O) groups excluding carboxylic acids is 2. The Balaban J connectivity index is 1.40. The fourth-order valence-corrected chi connectivity index (χ4v) is 5.64. The van der Waals surface area contributed by atoms with Crippen LogP contribution in [0.5, 0.6) is 23.1 Å². The van der Waals surface area contributed by atoms with E-state index in [2.05, 4.69) is 4.98 Å². The second-order valence-electron chi connectivity index (χ2n) is 10.5. The summed E-state index contributed by atoms with van der Waals surface area (Å²) >= 11 is 1.16. The Morgan fingerprint density at radius 3 is 2.11 bits per heavy atom. The maximum Gasteiger partial charge on any atom is 0.306 e. The monoisotopic (exact) mass is 650 g/mol. The predicted molar refractivity (Wildman–Crippen MR) is 156 cm³/mol. The van der Waals surface area contributed by atoms with Crippen LogP contribution in [-0.4, -0.2) is 71.2 Å². The van der Waals surface area contributed by atoms with Gasteiger partial charge in [0.1, 0.15) is 0 Å². The lowest BCUT2D eigenvalue weighted by atomic mass is 10.0. The fraction of sp³-hybridized carbons (Fsp3) is 0.433. The lowest BCUT2D eigenvalue weighted by Gasteiger charge is -2.16. The Kier molecular flexibility index (Phi) is 10.4. The van der Waals surface area contributed by atoms with E-state index in [4.69, 9.17) is 29.2 Å². The molecule has 12 nitrogen and oxygen atoms in total. The standard InChI is InChI=1S/C30H32F2N2O10S/c1-14(29(37)38)8-19(35)22-10-18-21(45-22)11-20(41-3)28(33-18)44-7-5-6-43-27-25(32)17-13-34(23(36)9-15(2)30(39)40)12-16(17)24(31)26(27)42-4/h10-11,14-15H,5-9,12-13H2,1-4H3,(H,37,38)(H,39,40)/t14-,15-/m0/s1. The van der Waals surface area contributed by atoms with Crippen molar-refractivity contribution in [1.82, 2.24) is 9.88 Å². The van der Waals surface area contributed by atoms with E-state index >= 15 is 8.78 Å². The first-order valence-corrected chi connectivity index (χ1v) is 14.7. The van der Waals surface area contributed by atoms with Crippen molar-refractivity contribution in [3.63, 3.8) is 0 Å². The molecule has 3 aromatic rings. The van der Waals surface area contributed by atoms with Crippen molar-refractivity contribution in [1.29, 1.82) is 0 Å². The topological polar surface area (TPSA) is 162 Å². The zero-order chi connectivity index (χ0) is 33.0. The number of carbonyl (C=O) groups is 4. The van der Waals surface area contributed by atoms with Gasteiger partial charge in [-0.25, -0.2) is 13.8 Å². The summed E-state index contributed by atoms with van der Waals surface area (Å²) < 4.78 is 53.2. The Morgan fingerprint density at radius 2 is 1.51 bits per heavy atom. The minimum atomic E-state index is -1.15. The van der Waals surface area contributed by atoms with Crippen LogP contribution in [-0.2, 0) is 27.5 Å². The number of thiophene rings is 1. The molecule has 15 heteroatoms.